The third kappa shape index (κ3) is 3.82. The summed E-state index contributed by atoms with van der Waals surface area (Å²) in [5.74, 6) is -1.02. The number of aromatic nitrogens is 1. The van der Waals surface area contributed by atoms with E-state index in [1.165, 1.54) is 23.1 Å². The standard InChI is InChI=1S/C28H21FN2O5S/c1-14-11-17-12-16(5-10-21(17)36-14)25(32)23-24(15-3-7-19(35-2)8-4-15)31(27(34)26(23)33)28-30-20-9-6-18(29)13-22(20)37-28/h3-10,12-14,24,32H,11H2,1-2H3/b25-23+/t14-,24-/m1/s1. The fourth-order valence-electron chi connectivity index (χ4n) is 4.85. The zero-order valence-electron chi connectivity index (χ0n) is 19.9. The summed E-state index contributed by atoms with van der Waals surface area (Å²) >= 11 is 1.10. The predicted molar refractivity (Wildman–Crippen MR) is 138 cm³/mol. The van der Waals surface area contributed by atoms with Crippen molar-refractivity contribution in [2.24, 2.45) is 0 Å². The normalized spacial score (nSPS) is 20.4. The summed E-state index contributed by atoms with van der Waals surface area (Å²) < 4.78 is 25.4. The molecule has 2 atom stereocenters. The Bertz CT molecular complexity index is 1610. The van der Waals surface area contributed by atoms with Crippen LogP contribution in [0, 0.1) is 5.82 Å². The van der Waals surface area contributed by atoms with E-state index in [2.05, 4.69) is 4.98 Å². The molecule has 3 heterocycles. The number of carbonyl (C=O) groups is 2. The van der Waals surface area contributed by atoms with Crippen molar-refractivity contribution in [2.45, 2.75) is 25.5 Å². The number of nitrogens with zero attached hydrogens (tertiary/aromatic N) is 2. The van der Waals surface area contributed by atoms with Crippen molar-refractivity contribution >= 4 is 44.1 Å². The van der Waals surface area contributed by atoms with Crippen LogP contribution in [0.15, 0.2) is 66.2 Å². The van der Waals surface area contributed by atoms with Crippen LogP contribution in [0.1, 0.15) is 29.7 Å². The molecule has 6 rings (SSSR count). The van der Waals surface area contributed by atoms with Gasteiger partial charge in [-0.3, -0.25) is 14.5 Å². The third-order valence-electron chi connectivity index (χ3n) is 6.59. The number of ether oxygens (including phenoxy) is 2. The number of aliphatic hydroxyl groups is 1. The minimum atomic E-state index is -0.945. The Kier molecular flexibility index (Phi) is 5.45. The lowest BCUT2D eigenvalue weighted by atomic mass is 9.94. The molecule has 1 saturated heterocycles. The molecule has 0 radical (unpaired) electrons. The summed E-state index contributed by atoms with van der Waals surface area (Å²) in [6.45, 7) is 1.96. The van der Waals surface area contributed by atoms with Crippen molar-refractivity contribution in [3.63, 3.8) is 0 Å². The Hall–Kier alpha value is -4.24. The van der Waals surface area contributed by atoms with Gasteiger partial charge in [-0.05, 0) is 66.6 Å². The molecule has 1 aromatic heterocycles. The zero-order chi connectivity index (χ0) is 25.8. The molecule has 1 amide bonds. The predicted octanol–water partition coefficient (Wildman–Crippen LogP) is 5.39. The van der Waals surface area contributed by atoms with Crippen LogP contribution in [-0.2, 0) is 16.0 Å². The van der Waals surface area contributed by atoms with Gasteiger partial charge in [-0.1, -0.05) is 23.5 Å². The molecular formula is C28H21FN2O5S. The highest BCUT2D eigenvalue weighted by atomic mass is 32.1. The summed E-state index contributed by atoms with van der Waals surface area (Å²) in [6.07, 6.45) is 0.691. The van der Waals surface area contributed by atoms with E-state index < -0.39 is 23.5 Å². The highest BCUT2D eigenvalue weighted by molar-refractivity contribution is 7.22. The van der Waals surface area contributed by atoms with Crippen molar-refractivity contribution < 1.29 is 28.6 Å². The maximum Gasteiger partial charge on any atom is 0.301 e. The second-order valence-corrected chi connectivity index (χ2v) is 10.0. The van der Waals surface area contributed by atoms with Crippen molar-refractivity contribution in [3.8, 4) is 11.5 Å². The Morgan fingerprint density at radius 3 is 2.68 bits per heavy atom. The molecule has 3 aromatic carbocycles. The number of fused-ring (bicyclic) bond motifs is 2. The van der Waals surface area contributed by atoms with Crippen LogP contribution in [0.2, 0.25) is 0 Å². The molecule has 7 nitrogen and oxygen atoms in total. The van der Waals surface area contributed by atoms with Crippen LogP contribution in [-0.4, -0.2) is 35.0 Å². The van der Waals surface area contributed by atoms with Gasteiger partial charge in [0, 0.05) is 12.0 Å². The van der Waals surface area contributed by atoms with Crippen LogP contribution in [0.5, 0.6) is 11.5 Å². The lowest BCUT2D eigenvalue weighted by Gasteiger charge is -2.23. The number of carbonyl (C=O) groups excluding carboxylic acids is 2. The maximum absolute atomic E-state index is 13.8. The number of methoxy groups -OCH3 is 1. The molecule has 37 heavy (non-hydrogen) atoms. The molecule has 0 aliphatic carbocycles. The molecule has 1 N–H and O–H groups in total. The fraction of sp³-hybridized carbons (Fsp3) is 0.179. The SMILES string of the molecule is COc1ccc([C@@H]2/C(=C(\O)c3ccc4c(c3)C[C@@H](C)O4)C(=O)C(=O)N2c2nc3ccc(F)cc3s2)cc1. The van der Waals surface area contributed by atoms with Crippen LogP contribution in [0.4, 0.5) is 9.52 Å². The summed E-state index contributed by atoms with van der Waals surface area (Å²) in [5, 5.41) is 11.7. The van der Waals surface area contributed by atoms with Crippen LogP contribution in [0.25, 0.3) is 16.0 Å². The second-order valence-electron chi connectivity index (χ2n) is 9.01. The number of thiazole rings is 1. The van der Waals surface area contributed by atoms with Crippen molar-refractivity contribution in [1.82, 2.24) is 4.98 Å². The molecule has 2 aliphatic rings. The minimum Gasteiger partial charge on any atom is -0.507 e. The Labute approximate surface area is 215 Å². The number of ketones is 1. The summed E-state index contributed by atoms with van der Waals surface area (Å²) in [7, 11) is 1.54. The van der Waals surface area contributed by atoms with Crippen molar-refractivity contribution in [2.75, 3.05) is 12.0 Å². The number of aliphatic hydroxyl groups excluding tert-OH is 1. The molecular weight excluding hydrogens is 495 g/mol. The van der Waals surface area contributed by atoms with E-state index >= 15 is 0 Å². The summed E-state index contributed by atoms with van der Waals surface area (Å²) in [6, 6.07) is 15.3. The molecule has 2 aliphatic heterocycles. The lowest BCUT2D eigenvalue weighted by Crippen LogP contribution is -2.29. The molecule has 186 valence electrons. The number of hydrogen-bond acceptors (Lipinski definition) is 7. The number of rotatable bonds is 4. The highest BCUT2D eigenvalue weighted by Crippen LogP contribution is 2.45. The topological polar surface area (TPSA) is 89.0 Å². The second kappa shape index (κ2) is 8.70. The van der Waals surface area contributed by atoms with E-state index in [-0.39, 0.29) is 22.6 Å². The molecule has 9 heteroatoms. The number of amides is 1. The molecule has 0 spiro atoms. The van der Waals surface area contributed by atoms with E-state index in [0.29, 0.717) is 33.5 Å². The van der Waals surface area contributed by atoms with E-state index in [4.69, 9.17) is 9.47 Å². The van der Waals surface area contributed by atoms with Gasteiger partial charge in [0.1, 0.15) is 29.2 Å². The number of hydrogen-bond donors (Lipinski definition) is 1. The molecule has 4 aromatic rings. The van der Waals surface area contributed by atoms with Gasteiger partial charge in [0.15, 0.2) is 5.13 Å². The van der Waals surface area contributed by atoms with Crippen molar-refractivity contribution in [1.29, 1.82) is 0 Å². The van der Waals surface area contributed by atoms with Crippen LogP contribution in [0.3, 0.4) is 0 Å². The monoisotopic (exact) mass is 516 g/mol. The van der Waals surface area contributed by atoms with E-state index in [9.17, 15) is 19.1 Å². The van der Waals surface area contributed by atoms with E-state index in [0.717, 1.165) is 22.6 Å². The molecule has 0 bridgehead atoms. The van der Waals surface area contributed by atoms with Gasteiger partial charge in [0.05, 0.1) is 28.9 Å². The highest BCUT2D eigenvalue weighted by Gasteiger charge is 2.48. The molecule has 1 fully saturated rings. The maximum atomic E-state index is 13.8. The molecule has 0 unspecified atom stereocenters. The average molecular weight is 517 g/mol. The smallest absolute Gasteiger partial charge is 0.301 e. The number of benzene rings is 3. The first-order chi connectivity index (χ1) is 17.8. The molecule has 0 saturated carbocycles. The van der Waals surface area contributed by atoms with Gasteiger partial charge in [-0.15, -0.1) is 0 Å². The van der Waals surface area contributed by atoms with Gasteiger partial charge < -0.3 is 14.6 Å². The zero-order valence-corrected chi connectivity index (χ0v) is 20.7. The van der Waals surface area contributed by atoms with Crippen LogP contribution >= 0.6 is 11.3 Å². The quantitative estimate of drug-likeness (QED) is 0.222. The average Bonchev–Trinajstić information content (AvgIpc) is 3.55. The Balaban J connectivity index is 1.53. The lowest BCUT2D eigenvalue weighted by molar-refractivity contribution is -0.132. The first-order valence-electron chi connectivity index (χ1n) is 11.6. The minimum absolute atomic E-state index is 0.0150. The van der Waals surface area contributed by atoms with Crippen molar-refractivity contribution in [3.05, 3.63) is 88.7 Å². The Morgan fingerprint density at radius 1 is 1.14 bits per heavy atom. The number of halogens is 1. The summed E-state index contributed by atoms with van der Waals surface area (Å²) in [4.78, 5) is 32.6. The summed E-state index contributed by atoms with van der Waals surface area (Å²) in [5.41, 5.74) is 2.38. The van der Waals surface area contributed by atoms with Crippen LogP contribution < -0.4 is 14.4 Å². The number of Topliss-reactive ketones (excluding diaryl/α,β-unsaturated/α-hetero) is 1. The van der Waals surface area contributed by atoms with Gasteiger partial charge in [-0.25, -0.2) is 9.37 Å². The van der Waals surface area contributed by atoms with Gasteiger partial charge in [0.2, 0.25) is 0 Å². The van der Waals surface area contributed by atoms with Gasteiger partial charge in [0.25, 0.3) is 5.78 Å². The fourth-order valence-corrected chi connectivity index (χ4v) is 5.86. The number of anilines is 1. The first kappa shape index (κ1) is 23.2. The van der Waals surface area contributed by atoms with Gasteiger partial charge >= 0.3 is 5.91 Å². The largest absolute Gasteiger partial charge is 0.507 e. The first-order valence-corrected chi connectivity index (χ1v) is 12.5. The van der Waals surface area contributed by atoms with E-state index in [1.54, 1.807) is 49.6 Å². The third-order valence-corrected chi connectivity index (χ3v) is 7.61. The Morgan fingerprint density at radius 2 is 1.92 bits per heavy atom. The van der Waals surface area contributed by atoms with Gasteiger partial charge in [-0.2, -0.15) is 0 Å². The van der Waals surface area contributed by atoms with E-state index in [1.807, 2.05) is 6.92 Å².